The summed E-state index contributed by atoms with van der Waals surface area (Å²) >= 11 is 3.00. The van der Waals surface area contributed by atoms with Crippen molar-refractivity contribution in [2.45, 2.75) is 24.5 Å². The molecule has 5 rings (SSSR count). The van der Waals surface area contributed by atoms with Crippen molar-refractivity contribution in [1.29, 1.82) is 0 Å². The van der Waals surface area contributed by atoms with Gasteiger partial charge >= 0.3 is 0 Å². The number of nitrogens with zero attached hydrogens (tertiary/aromatic N) is 4. The lowest BCUT2D eigenvalue weighted by Gasteiger charge is -2.33. The minimum absolute atomic E-state index is 0.115. The lowest BCUT2D eigenvalue weighted by molar-refractivity contribution is -0.250. The molecule has 23 heteroatoms. The Morgan fingerprint density at radius 2 is 1.76 bits per heavy atom. The number of imidazole rings is 1. The number of ether oxygens (including phenoxy) is 1. The smallest absolute Gasteiger partial charge is 0.280 e. The van der Waals surface area contributed by atoms with Crippen LogP contribution in [0, 0.1) is 0 Å². The van der Waals surface area contributed by atoms with Gasteiger partial charge in [0.15, 0.2) is 11.9 Å². The number of fused-ring (bicyclic) bond motifs is 1. The molecule has 4 unspecified atom stereocenters. The van der Waals surface area contributed by atoms with Crippen LogP contribution in [0.25, 0.3) is 31.5 Å². The Morgan fingerprint density at radius 1 is 1.02 bits per heavy atom. The van der Waals surface area contributed by atoms with Crippen LogP contribution in [-0.2, 0) is 31.6 Å². The Hall–Kier alpha value is -1.96. The highest BCUT2D eigenvalue weighted by Crippen LogP contribution is 2.61. The molecule has 0 aliphatic carbocycles. The van der Waals surface area contributed by atoms with Crippen LogP contribution in [-0.4, -0.2) is 59.5 Å². The molecular weight excluding hydrogens is 651 g/mol. The highest BCUT2D eigenvalue weighted by molar-refractivity contribution is 7.65. The first-order valence-corrected chi connectivity index (χ1v) is 17.1. The summed E-state index contributed by atoms with van der Waals surface area (Å²) in [5.41, 5.74) is 6.74. The van der Waals surface area contributed by atoms with Crippen LogP contribution in [0.15, 0.2) is 36.0 Å². The molecular formula is C18H17N5O13P3S2-3. The summed E-state index contributed by atoms with van der Waals surface area (Å²) in [5.74, 6) is -0.132. The zero-order valence-electron chi connectivity index (χ0n) is 19.9. The average molecular weight is 668 g/mol. The molecule has 5 heterocycles. The standard InChI is InChI=1S/C18H20N5O13P3S2/c19-18-21-12(11-4-3-10(41-11)9-2-1-5-40-9)13-16(22-18)23(7-20-13)17-15(25)14(24)8(34-17)6-33-38(29,30)36-39(31,32)35-37(26,27)28/h1-5,7-8,14-15,17,24-25H,6H2,(H,29,30)(H,31,32)(H2,19,21,22)(H2,26,27,28)/p-3/t8-,14?,15+,17-/m1/s1. The van der Waals surface area contributed by atoms with Gasteiger partial charge in [0, 0.05) is 9.75 Å². The van der Waals surface area contributed by atoms with Crippen LogP contribution in [0.2, 0.25) is 0 Å². The van der Waals surface area contributed by atoms with E-state index in [1.165, 1.54) is 22.2 Å². The lowest BCUT2D eigenvalue weighted by Crippen LogP contribution is -2.34. The number of hydrogen-bond donors (Lipinski definition) is 4. The third kappa shape index (κ3) is 6.83. The summed E-state index contributed by atoms with van der Waals surface area (Å²) in [4.78, 5) is 57.8. The summed E-state index contributed by atoms with van der Waals surface area (Å²) in [6, 6.07) is 7.64. The number of phosphoric ester groups is 1. The molecule has 1 aliphatic rings. The van der Waals surface area contributed by atoms with Crippen LogP contribution in [0.1, 0.15) is 6.23 Å². The van der Waals surface area contributed by atoms with E-state index in [-0.39, 0.29) is 17.1 Å². The zero-order valence-corrected chi connectivity index (χ0v) is 24.2. The largest absolute Gasteiger partial charge is 0.756 e. The number of rotatable bonds is 10. The van der Waals surface area contributed by atoms with Crippen molar-refractivity contribution in [2.75, 3.05) is 12.3 Å². The van der Waals surface area contributed by atoms with Crippen LogP contribution in [0.3, 0.4) is 0 Å². The van der Waals surface area contributed by atoms with E-state index in [9.17, 15) is 38.6 Å². The van der Waals surface area contributed by atoms with E-state index in [4.69, 9.17) is 15.4 Å². The third-order valence-electron chi connectivity index (χ3n) is 5.45. The minimum Gasteiger partial charge on any atom is -0.756 e. The summed E-state index contributed by atoms with van der Waals surface area (Å²) < 4.78 is 51.7. The van der Waals surface area contributed by atoms with Gasteiger partial charge in [0.05, 0.1) is 17.8 Å². The van der Waals surface area contributed by atoms with Gasteiger partial charge in [-0.1, -0.05) is 6.07 Å². The number of hydrogen-bond acceptors (Lipinski definition) is 18. The second-order valence-corrected chi connectivity index (χ2v) is 14.6. The zero-order chi connectivity index (χ0) is 29.7. The number of aromatic nitrogens is 4. The molecule has 4 aromatic heterocycles. The molecule has 0 radical (unpaired) electrons. The first-order valence-electron chi connectivity index (χ1n) is 11.0. The second kappa shape index (κ2) is 11.3. The van der Waals surface area contributed by atoms with Crippen molar-refractivity contribution >= 4 is 63.3 Å². The number of aliphatic hydroxyl groups is 2. The van der Waals surface area contributed by atoms with Gasteiger partial charge in [-0.3, -0.25) is 18.3 Å². The number of anilines is 1. The number of aliphatic hydroxyl groups excluding tert-OH is 2. The maximum atomic E-state index is 11.9. The van der Waals surface area contributed by atoms with E-state index in [0.29, 0.717) is 5.69 Å². The highest BCUT2D eigenvalue weighted by Gasteiger charge is 2.45. The summed E-state index contributed by atoms with van der Waals surface area (Å²) in [6.45, 7) is -1.08. The maximum Gasteiger partial charge on any atom is 0.280 e. The Balaban J connectivity index is 1.35. The summed E-state index contributed by atoms with van der Waals surface area (Å²) in [6.07, 6.45) is -5.18. The van der Waals surface area contributed by atoms with Crippen molar-refractivity contribution in [3.8, 4) is 20.3 Å². The van der Waals surface area contributed by atoms with Crippen LogP contribution >= 0.6 is 46.1 Å². The monoisotopic (exact) mass is 668 g/mol. The highest BCUT2D eigenvalue weighted by atomic mass is 32.1. The van der Waals surface area contributed by atoms with Gasteiger partial charge in [0.1, 0.15) is 29.5 Å². The molecule has 18 nitrogen and oxygen atoms in total. The number of nitrogen functional groups attached to an aromatic ring is 1. The fourth-order valence-electron chi connectivity index (χ4n) is 3.86. The molecule has 5 N–H and O–H groups in total. The van der Waals surface area contributed by atoms with Gasteiger partial charge in [0.2, 0.25) is 5.95 Å². The Bertz CT molecular complexity index is 1710. The van der Waals surface area contributed by atoms with E-state index in [0.717, 1.165) is 14.6 Å². The molecule has 4 aromatic rings. The van der Waals surface area contributed by atoms with Gasteiger partial charge in [-0.05, 0) is 23.6 Å². The Morgan fingerprint density at radius 3 is 2.44 bits per heavy atom. The molecule has 0 amide bonds. The van der Waals surface area contributed by atoms with E-state index in [2.05, 4.69) is 28.1 Å². The van der Waals surface area contributed by atoms with Crippen molar-refractivity contribution in [3.05, 3.63) is 36.0 Å². The predicted molar refractivity (Wildman–Crippen MR) is 135 cm³/mol. The summed E-state index contributed by atoms with van der Waals surface area (Å²) in [7, 11) is -17.9. The predicted octanol–water partition coefficient (Wildman–Crippen LogP) is -0.0680. The van der Waals surface area contributed by atoms with Crippen LogP contribution < -0.4 is 20.4 Å². The average Bonchev–Trinajstić information content (AvgIpc) is 3.63. The van der Waals surface area contributed by atoms with Crippen molar-refractivity contribution in [2.24, 2.45) is 0 Å². The normalized spacial score (nSPS) is 25.6. The van der Waals surface area contributed by atoms with E-state index >= 15 is 0 Å². The molecule has 0 aromatic carbocycles. The topological polar surface area (TPSA) is 288 Å². The molecule has 0 saturated carbocycles. The quantitative estimate of drug-likeness (QED) is 0.161. The van der Waals surface area contributed by atoms with E-state index in [1.54, 1.807) is 11.3 Å². The third-order valence-corrected chi connectivity index (χ3v) is 11.3. The van der Waals surface area contributed by atoms with Gasteiger partial charge in [-0.25, -0.2) is 18.6 Å². The molecule has 222 valence electrons. The van der Waals surface area contributed by atoms with Crippen molar-refractivity contribution < 1.29 is 61.4 Å². The Labute approximate surface area is 237 Å². The number of nitrogens with two attached hydrogens (primary N) is 1. The second-order valence-electron chi connectivity index (χ2n) is 8.26. The summed E-state index contributed by atoms with van der Waals surface area (Å²) in [5, 5.41) is 23.0. The van der Waals surface area contributed by atoms with Gasteiger partial charge in [0.25, 0.3) is 23.5 Å². The molecule has 0 spiro atoms. The van der Waals surface area contributed by atoms with Gasteiger partial charge in [-0.15, -0.1) is 22.7 Å². The Kier molecular flexibility index (Phi) is 8.39. The first-order chi connectivity index (χ1) is 19.1. The number of phosphoric acid groups is 3. The fourth-order valence-corrected chi connectivity index (χ4v) is 8.58. The van der Waals surface area contributed by atoms with Crippen LogP contribution in [0.4, 0.5) is 5.95 Å². The molecule has 7 atom stereocenters. The van der Waals surface area contributed by atoms with Crippen molar-refractivity contribution in [3.63, 3.8) is 0 Å². The lowest BCUT2D eigenvalue weighted by atomic mass is 10.1. The molecule has 0 bridgehead atoms. The van der Waals surface area contributed by atoms with Gasteiger partial charge in [-0.2, -0.15) is 4.98 Å². The molecule has 1 saturated heterocycles. The fraction of sp³-hybridized carbons (Fsp3) is 0.278. The minimum atomic E-state index is -6.12. The number of thiophene rings is 2. The molecule has 1 fully saturated rings. The van der Waals surface area contributed by atoms with Crippen LogP contribution in [0.5, 0.6) is 0 Å². The van der Waals surface area contributed by atoms with Gasteiger partial charge < -0.3 is 44.8 Å². The van der Waals surface area contributed by atoms with E-state index < -0.39 is 54.6 Å². The SMILES string of the molecule is Nc1nc(-c2ccc(-c3cccs3)s2)c2ncn([C@@H]3O[C@H](COP(=O)([O-])OP(=O)([O-])OP(=O)([O-])O)C(O)[C@@H]3O)c2n1. The van der Waals surface area contributed by atoms with Crippen molar-refractivity contribution in [1.82, 2.24) is 19.5 Å². The molecule has 1 aliphatic heterocycles. The maximum absolute atomic E-state index is 11.9. The first kappa shape index (κ1) is 30.5. The molecule has 41 heavy (non-hydrogen) atoms. The van der Waals surface area contributed by atoms with E-state index in [1.807, 2.05) is 29.6 Å².